The Hall–Kier alpha value is -4.09. The summed E-state index contributed by atoms with van der Waals surface area (Å²) in [7, 11) is 1.09. The predicted molar refractivity (Wildman–Crippen MR) is 147 cm³/mol. The highest BCUT2D eigenvalue weighted by Crippen LogP contribution is 2.35. The van der Waals surface area contributed by atoms with E-state index in [-0.39, 0.29) is 31.3 Å². The van der Waals surface area contributed by atoms with Gasteiger partial charge < -0.3 is 20.7 Å². The largest absolute Gasteiger partial charge is 0.453 e. The number of amides is 3. The van der Waals surface area contributed by atoms with Crippen molar-refractivity contribution in [3.63, 3.8) is 0 Å². The van der Waals surface area contributed by atoms with E-state index in [4.69, 9.17) is 5.41 Å². The van der Waals surface area contributed by atoms with Crippen LogP contribution in [0.5, 0.6) is 0 Å². The molecule has 12 heteroatoms. The maximum Gasteiger partial charge on any atom is 0.408 e. The third-order valence-electron chi connectivity index (χ3n) is 6.86. The van der Waals surface area contributed by atoms with Crippen LogP contribution >= 0.6 is 0 Å². The Balaban J connectivity index is 1.71. The molecule has 0 aliphatic carbocycles. The number of methoxy groups -OCH3 is 1. The normalized spacial score (nSPS) is 18.6. The predicted octanol–water partition coefficient (Wildman–Crippen LogP) is 4.09. The number of rotatable bonds is 12. The van der Waals surface area contributed by atoms with Crippen molar-refractivity contribution in [2.45, 2.75) is 63.3 Å². The van der Waals surface area contributed by atoms with Crippen molar-refractivity contribution in [1.82, 2.24) is 20.9 Å². The van der Waals surface area contributed by atoms with Gasteiger partial charge in [0.1, 0.15) is 17.6 Å². The molecule has 3 amide bonds. The third-order valence-corrected chi connectivity index (χ3v) is 6.86. The summed E-state index contributed by atoms with van der Waals surface area (Å²) in [5, 5.41) is 15.7. The lowest BCUT2D eigenvalue weighted by molar-refractivity contribution is -0.163. The van der Waals surface area contributed by atoms with E-state index >= 15 is 0 Å². The van der Waals surface area contributed by atoms with Crippen LogP contribution in [0.1, 0.15) is 44.2 Å². The Morgan fingerprint density at radius 1 is 1.05 bits per heavy atom. The molecule has 3 rings (SSSR count). The number of ether oxygens (including phenoxy) is 1. The van der Waals surface area contributed by atoms with Gasteiger partial charge in [-0.2, -0.15) is 13.2 Å². The first-order valence-corrected chi connectivity index (χ1v) is 13.4. The maximum atomic E-state index is 14.0. The van der Waals surface area contributed by atoms with E-state index in [1.54, 1.807) is 54.6 Å². The zero-order valence-electron chi connectivity index (χ0n) is 23.3. The lowest BCUT2D eigenvalue weighted by Crippen LogP contribution is -2.54. The molecular weight excluding hydrogens is 539 g/mol. The number of carbonyl (C=O) groups excluding carboxylic acids is 3. The molecule has 1 fully saturated rings. The number of nitrogens with zero attached hydrogens (tertiary/aromatic N) is 1. The van der Waals surface area contributed by atoms with Crippen LogP contribution in [0.3, 0.4) is 0 Å². The van der Waals surface area contributed by atoms with Gasteiger partial charge in [-0.15, -0.1) is 0 Å². The standard InChI is InChI=1S/C29H36F3N5O4/c1-19(2)18-28(21-13-8-5-9-14-21)25(39)37(26(33)36-28)16-10-15-23(29(30,31)32)35-24(38)22(34-27(40)41-3)17-20-11-6-4-7-12-20/h4-9,11-14,19,22-23H,10,15-18H2,1-3H3,(H2,33,36)(H,34,40)(H,35,38)/t22-,23?,28?/m0/s1. The fourth-order valence-electron chi connectivity index (χ4n) is 4.96. The summed E-state index contributed by atoms with van der Waals surface area (Å²) >= 11 is 0. The first-order chi connectivity index (χ1) is 19.4. The molecule has 2 aromatic rings. The minimum absolute atomic E-state index is 0.0467. The van der Waals surface area contributed by atoms with E-state index < -0.39 is 48.1 Å². The van der Waals surface area contributed by atoms with Crippen molar-refractivity contribution >= 4 is 23.9 Å². The number of nitrogens with one attached hydrogen (secondary N) is 4. The van der Waals surface area contributed by atoms with Crippen LogP contribution in [0.4, 0.5) is 18.0 Å². The number of alkyl carbamates (subject to hydrolysis) is 1. The average molecular weight is 576 g/mol. The fourth-order valence-corrected chi connectivity index (χ4v) is 4.96. The quantitative estimate of drug-likeness (QED) is 0.304. The molecule has 0 spiro atoms. The van der Waals surface area contributed by atoms with Gasteiger partial charge in [0.25, 0.3) is 5.91 Å². The molecule has 2 aromatic carbocycles. The van der Waals surface area contributed by atoms with Crippen LogP contribution < -0.4 is 16.0 Å². The molecule has 1 aliphatic rings. The molecule has 2 unspecified atom stereocenters. The number of hydrogen-bond donors (Lipinski definition) is 4. The fraction of sp³-hybridized carbons (Fsp3) is 0.448. The molecule has 1 saturated heterocycles. The van der Waals surface area contributed by atoms with Crippen molar-refractivity contribution in [3.05, 3.63) is 71.8 Å². The van der Waals surface area contributed by atoms with E-state index in [1.807, 2.05) is 25.2 Å². The SMILES string of the molecule is COC(=O)N[C@@H](Cc1ccccc1)C(=O)NC(CCCN1C(=N)NC(CC(C)C)(c2ccccc2)C1=O)C(F)(F)F. The van der Waals surface area contributed by atoms with Gasteiger partial charge in [-0.25, -0.2) is 4.79 Å². The van der Waals surface area contributed by atoms with Crippen molar-refractivity contribution in [2.24, 2.45) is 5.92 Å². The Morgan fingerprint density at radius 3 is 2.22 bits per heavy atom. The molecule has 0 bridgehead atoms. The summed E-state index contributed by atoms with van der Waals surface area (Å²) in [5.41, 5.74) is 0.123. The van der Waals surface area contributed by atoms with Crippen LogP contribution in [0.2, 0.25) is 0 Å². The van der Waals surface area contributed by atoms with Gasteiger partial charge in [0, 0.05) is 13.0 Å². The minimum Gasteiger partial charge on any atom is -0.453 e. The van der Waals surface area contributed by atoms with Gasteiger partial charge in [-0.05, 0) is 36.3 Å². The van der Waals surface area contributed by atoms with E-state index in [1.165, 1.54) is 0 Å². The summed E-state index contributed by atoms with van der Waals surface area (Å²) in [4.78, 5) is 39.5. The first-order valence-electron chi connectivity index (χ1n) is 13.4. The lowest BCUT2D eigenvalue weighted by Gasteiger charge is -2.29. The number of halogens is 3. The van der Waals surface area contributed by atoms with Crippen LogP contribution in [-0.2, 0) is 26.3 Å². The molecule has 0 aromatic heterocycles. The van der Waals surface area contributed by atoms with E-state index in [0.29, 0.717) is 17.5 Å². The zero-order valence-corrected chi connectivity index (χ0v) is 23.3. The molecule has 0 radical (unpaired) electrons. The number of benzene rings is 2. The van der Waals surface area contributed by atoms with Crippen molar-refractivity contribution in [2.75, 3.05) is 13.7 Å². The molecule has 4 N–H and O–H groups in total. The first kappa shape index (κ1) is 31.4. The van der Waals surface area contributed by atoms with Gasteiger partial charge >= 0.3 is 12.3 Å². The van der Waals surface area contributed by atoms with Crippen LogP contribution in [0.15, 0.2) is 60.7 Å². The second kappa shape index (κ2) is 13.5. The van der Waals surface area contributed by atoms with E-state index in [2.05, 4.69) is 15.4 Å². The average Bonchev–Trinajstić information content (AvgIpc) is 3.16. The molecule has 1 aliphatic heterocycles. The molecule has 1 heterocycles. The Kier molecular flexibility index (Phi) is 10.4. The summed E-state index contributed by atoms with van der Waals surface area (Å²) in [6, 6.07) is 13.9. The number of guanidine groups is 1. The van der Waals surface area contributed by atoms with Gasteiger partial charge in [0.05, 0.1) is 7.11 Å². The summed E-state index contributed by atoms with van der Waals surface area (Å²) in [6.07, 6.45) is -6.07. The third kappa shape index (κ3) is 7.99. The highest BCUT2D eigenvalue weighted by atomic mass is 19.4. The van der Waals surface area contributed by atoms with Crippen LogP contribution in [-0.4, -0.2) is 60.7 Å². The van der Waals surface area contributed by atoms with Crippen LogP contribution in [0.25, 0.3) is 0 Å². The van der Waals surface area contributed by atoms with Gasteiger partial charge in [-0.3, -0.25) is 19.9 Å². The summed E-state index contributed by atoms with van der Waals surface area (Å²) < 4.78 is 46.5. The van der Waals surface area contributed by atoms with E-state index in [9.17, 15) is 27.6 Å². The number of carbonyl (C=O) groups is 3. The molecule has 9 nitrogen and oxygen atoms in total. The topological polar surface area (TPSA) is 124 Å². The summed E-state index contributed by atoms with van der Waals surface area (Å²) in [5.74, 6) is -1.52. The van der Waals surface area contributed by atoms with Crippen LogP contribution in [0, 0.1) is 11.3 Å². The van der Waals surface area contributed by atoms with Gasteiger partial charge in [-0.1, -0.05) is 74.5 Å². The zero-order chi connectivity index (χ0) is 30.2. The molecule has 3 atom stereocenters. The molecule has 222 valence electrons. The second-order valence-corrected chi connectivity index (χ2v) is 10.4. The molecule has 41 heavy (non-hydrogen) atoms. The smallest absolute Gasteiger partial charge is 0.408 e. The van der Waals surface area contributed by atoms with Crippen molar-refractivity contribution in [3.8, 4) is 0 Å². The van der Waals surface area contributed by atoms with Crippen molar-refractivity contribution < 1.29 is 32.3 Å². The lowest BCUT2D eigenvalue weighted by atomic mass is 9.82. The Bertz CT molecular complexity index is 1210. The van der Waals surface area contributed by atoms with Gasteiger partial charge in [0.15, 0.2) is 5.96 Å². The van der Waals surface area contributed by atoms with E-state index in [0.717, 1.165) is 12.0 Å². The van der Waals surface area contributed by atoms with Crippen molar-refractivity contribution in [1.29, 1.82) is 5.41 Å². The monoisotopic (exact) mass is 575 g/mol. The molecular formula is C29H36F3N5O4. The Morgan fingerprint density at radius 2 is 1.66 bits per heavy atom. The maximum absolute atomic E-state index is 14.0. The Labute approximate surface area is 237 Å². The van der Waals surface area contributed by atoms with Gasteiger partial charge in [0.2, 0.25) is 5.91 Å². The highest BCUT2D eigenvalue weighted by molar-refractivity contribution is 6.08. The minimum atomic E-state index is -4.79. The highest BCUT2D eigenvalue weighted by Gasteiger charge is 2.51. The number of hydrogen-bond acceptors (Lipinski definition) is 5. The number of alkyl halides is 3. The summed E-state index contributed by atoms with van der Waals surface area (Å²) in [6.45, 7) is 3.75. The second-order valence-electron chi connectivity index (χ2n) is 10.4. The molecule has 0 saturated carbocycles.